The number of ether oxygens (including phenoxy) is 1. The molecule has 0 spiro atoms. The van der Waals surface area contributed by atoms with Crippen LogP contribution in [0.1, 0.15) is 5.69 Å². The summed E-state index contributed by atoms with van der Waals surface area (Å²) < 4.78 is 20.2. The summed E-state index contributed by atoms with van der Waals surface area (Å²) in [6.45, 7) is -0.154. The Labute approximate surface area is 154 Å². The molecule has 10 heteroatoms. The topological polar surface area (TPSA) is 78.1 Å². The number of alkyl halides is 1. The molecule has 136 valence electrons. The van der Waals surface area contributed by atoms with Crippen molar-refractivity contribution in [2.24, 2.45) is 7.05 Å². The molecule has 3 aromatic heterocycles. The van der Waals surface area contributed by atoms with Gasteiger partial charge in [0.05, 0.1) is 29.8 Å². The highest BCUT2D eigenvalue weighted by atomic mass is 35.5. The lowest BCUT2D eigenvalue weighted by Gasteiger charge is -2.11. The third-order valence-corrected chi connectivity index (χ3v) is 3.88. The highest BCUT2D eigenvalue weighted by Crippen LogP contribution is 2.27. The smallest absolute Gasteiger partial charge is 0.349 e. The number of carbonyl (C=O) groups excluding carboxylic acids is 1. The average Bonchev–Trinajstić information content (AvgIpc) is 3.30. The van der Waals surface area contributed by atoms with Crippen LogP contribution in [0, 0.1) is 0 Å². The molecule has 26 heavy (non-hydrogen) atoms. The monoisotopic (exact) mass is 378 g/mol. The SMILES string of the molecule is Cl.Cn1cc(N2Cc3cc(-c4ccc(OCCF)nc4)nn3C2=O)cn1. The lowest BCUT2D eigenvalue weighted by Crippen LogP contribution is -2.26. The van der Waals surface area contributed by atoms with Gasteiger partial charge >= 0.3 is 6.03 Å². The van der Waals surface area contributed by atoms with Crippen LogP contribution in [0.25, 0.3) is 11.3 Å². The van der Waals surface area contributed by atoms with Gasteiger partial charge in [0, 0.05) is 31.1 Å². The second kappa shape index (κ2) is 7.12. The predicted octanol–water partition coefficient (Wildman–Crippen LogP) is 2.44. The van der Waals surface area contributed by atoms with Crippen molar-refractivity contribution >= 4 is 24.1 Å². The number of pyridine rings is 1. The van der Waals surface area contributed by atoms with Crippen LogP contribution in [0.15, 0.2) is 36.8 Å². The quantitative estimate of drug-likeness (QED) is 0.681. The zero-order chi connectivity index (χ0) is 17.4. The minimum atomic E-state index is -0.563. The van der Waals surface area contributed by atoms with Crippen LogP contribution in [0.2, 0.25) is 0 Å². The van der Waals surface area contributed by atoms with Gasteiger partial charge in [-0.2, -0.15) is 14.9 Å². The van der Waals surface area contributed by atoms with Crippen LogP contribution in [0.5, 0.6) is 5.88 Å². The van der Waals surface area contributed by atoms with Gasteiger partial charge in [-0.05, 0) is 12.1 Å². The predicted molar refractivity (Wildman–Crippen MR) is 94.4 cm³/mol. The molecule has 0 saturated carbocycles. The molecular weight excluding hydrogens is 363 g/mol. The number of fused-ring (bicyclic) bond motifs is 1. The van der Waals surface area contributed by atoms with Crippen molar-refractivity contribution in [1.29, 1.82) is 0 Å². The molecule has 0 unspecified atom stereocenters. The molecule has 4 rings (SSSR count). The summed E-state index contributed by atoms with van der Waals surface area (Å²) in [7, 11) is 1.80. The Balaban J connectivity index is 0.00000196. The first-order valence-corrected chi connectivity index (χ1v) is 7.70. The van der Waals surface area contributed by atoms with Crippen molar-refractivity contribution in [3.8, 4) is 17.1 Å². The van der Waals surface area contributed by atoms with Crippen molar-refractivity contribution in [3.05, 3.63) is 42.5 Å². The molecule has 4 heterocycles. The molecule has 0 atom stereocenters. The Hall–Kier alpha value is -2.94. The minimum Gasteiger partial charge on any atom is -0.475 e. The van der Waals surface area contributed by atoms with Gasteiger partial charge in [-0.25, -0.2) is 14.2 Å². The Morgan fingerprint density at radius 2 is 2.15 bits per heavy atom. The third kappa shape index (κ3) is 3.13. The van der Waals surface area contributed by atoms with Gasteiger partial charge in [-0.15, -0.1) is 12.4 Å². The first-order chi connectivity index (χ1) is 12.2. The maximum atomic E-state index is 12.5. The standard InChI is InChI=1S/C16H15FN6O2.ClH/c1-21-9-13(8-19-21)22-10-12-6-14(20-23(12)16(22)24)11-2-3-15(18-7-11)25-5-4-17;/h2-3,6-9H,4-5,10H2,1H3;1H. The van der Waals surface area contributed by atoms with E-state index < -0.39 is 6.67 Å². The van der Waals surface area contributed by atoms with E-state index in [0.717, 1.165) is 16.9 Å². The molecule has 8 nitrogen and oxygen atoms in total. The van der Waals surface area contributed by atoms with E-state index in [4.69, 9.17) is 4.74 Å². The van der Waals surface area contributed by atoms with E-state index in [1.165, 1.54) is 4.68 Å². The zero-order valence-corrected chi connectivity index (χ0v) is 14.7. The van der Waals surface area contributed by atoms with E-state index in [0.29, 0.717) is 18.1 Å². The van der Waals surface area contributed by atoms with E-state index in [2.05, 4.69) is 15.2 Å². The highest BCUT2D eigenvalue weighted by molar-refractivity contribution is 5.96. The van der Waals surface area contributed by atoms with Gasteiger partial charge in [0.25, 0.3) is 0 Å². The van der Waals surface area contributed by atoms with Crippen LogP contribution in [-0.4, -0.2) is 43.9 Å². The van der Waals surface area contributed by atoms with Crippen molar-refractivity contribution < 1.29 is 13.9 Å². The molecular formula is C16H16ClFN6O2. The second-order valence-electron chi connectivity index (χ2n) is 5.60. The van der Waals surface area contributed by atoms with E-state index >= 15 is 0 Å². The number of aromatic nitrogens is 5. The van der Waals surface area contributed by atoms with Crippen LogP contribution >= 0.6 is 12.4 Å². The Morgan fingerprint density at radius 3 is 2.77 bits per heavy atom. The minimum absolute atomic E-state index is 0. The fourth-order valence-electron chi connectivity index (χ4n) is 2.69. The lowest BCUT2D eigenvalue weighted by molar-refractivity contribution is 0.248. The summed E-state index contributed by atoms with van der Waals surface area (Å²) in [4.78, 5) is 18.3. The molecule has 0 fully saturated rings. The van der Waals surface area contributed by atoms with Gasteiger partial charge in [-0.1, -0.05) is 0 Å². The summed E-state index contributed by atoms with van der Waals surface area (Å²) >= 11 is 0. The first-order valence-electron chi connectivity index (χ1n) is 7.70. The number of carbonyl (C=O) groups is 1. The molecule has 1 aliphatic heterocycles. The summed E-state index contributed by atoms with van der Waals surface area (Å²) in [5.41, 5.74) is 2.94. The molecule has 0 radical (unpaired) electrons. The fourth-order valence-corrected chi connectivity index (χ4v) is 2.69. The molecule has 0 aromatic carbocycles. The van der Waals surface area contributed by atoms with Crippen LogP contribution < -0.4 is 9.64 Å². The Bertz CT molecular complexity index is 923. The van der Waals surface area contributed by atoms with Gasteiger partial charge in [0.1, 0.15) is 13.3 Å². The van der Waals surface area contributed by atoms with Gasteiger partial charge in [0.15, 0.2) is 0 Å². The first kappa shape index (κ1) is 17.9. The molecule has 3 aromatic rings. The van der Waals surface area contributed by atoms with Gasteiger partial charge in [-0.3, -0.25) is 9.58 Å². The van der Waals surface area contributed by atoms with Crippen molar-refractivity contribution in [2.45, 2.75) is 6.54 Å². The Kier molecular flexibility index (Phi) is 4.90. The lowest BCUT2D eigenvalue weighted by atomic mass is 10.2. The van der Waals surface area contributed by atoms with E-state index in [9.17, 15) is 9.18 Å². The van der Waals surface area contributed by atoms with Gasteiger partial charge in [0.2, 0.25) is 5.88 Å². The largest absolute Gasteiger partial charge is 0.475 e. The molecule has 1 aliphatic rings. The molecule has 0 aliphatic carbocycles. The number of nitrogens with zero attached hydrogens (tertiary/aromatic N) is 6. The number of aryl methyl sites for hydroxylation is 1. The maximum absolute atomic E-state index is 12.5. The number of rotatable bonds is 5. The summed E-state index contributed by atoms with van der Waals surface area (Å²) in [5.74, 6) is 0.354. The fraction of sp³-hybridized carbons (Fsp3) is 0.250. The van der Waals surface area contributed by atoms with Crippen LogP contribution in [-0.2, 0) is 13.6 Å². The number of hydrogen-bond acceptors (Lipinski definition) is 5. The molecule has 0 saturated heterocycles. The summed E-state index contributed by atoms with van der Waals surface area (Å²) in [6, 6.07) is 5.07. The number of amides is 1. The number of halogens is 2. The van der Waals surface area contributed by atoms with E-state index in [-0.39, 0.29) is 25.0 Å². The molecule has 1 amide bonds. The van der Waals surface area contributed by atoms with Crippen LogP contribution in [0.4, 0.5) is 14.9 Å². The van der Waals surface area contributed by atoms with E-state index in [1.807, 2.05) is 6.07 Å². The zero-order valence-electron chi connectivity index (χ0n) is 13.9. The normalized spacial score (nSPS) is 12.8. The van der Waals surface area contributed by atoms with Crippen molar-refractivity contribution in [3.63, 3.8) is 0 Å². The maximum Gasteiger partial charge on any atom is 0.349 e. The number of anilines is 1. The average molecular weight is 379 g/mol. The van der Waals surface area contributed by atoms with Crippen molar-refractivity contribution in [2.75, 3.05) is 18.2 Å². The molecule has 0 bridgehead atoms. The number of hydrogen-bond donors (Lipinski definition) is 0. The third-order valence-electron chi connectivity index (χ3n) is 3.88. The summed E-state index contributed by atoms with van der Waals surface area (Å²) in [5, 5.41) is 8.46. The van der Waals surface area contributed by atoms with Crippen LogP contribution in [0.3, 0.4) is 0 Å². The van der Waals surface area contributed by atoms with Gasteiger partial charge < -0.3 is 4.74 Å². The highest BCUT2D eigenvalue weighted by Gasteiger charge is 2.31. The second-order valence-corrected chi connectivity index (χ2v) is 5.60. The summed E-state index contributed by atoms with van der Waals surface area (Å²) in [6.07, 6.45) is 5.02. The van der Waals surface area contributed by atoms with E-state index in [1.54, 1.807) is 47.4 Å². The Morgan fingerprint density at radius 1 is 1.31 bits per heavy atom. The van der Waals surface area contributed by atoms with Crippen molar-refractivity contribution in [1.82, 2.24) is 24.5 Å². The molecule has 0 N–H and O–H groups in total.